The number of hydrazone groups is 1. The van der Waals surface area contributed by atoms with Gasteiger partial charge in [0.1, 0.15) is 5.75 Å². The maximum absolute atomic E-state index is 10.9. The summed E-state index contributed by atoms with van der Waals surface area (Å²) >= 11 is 0. The molecule has 0 atom stereocenters. The fraction of sp³-hybridized carbons (Fsp3) is 0.125. The highest BCUT2D eigenvalue weighted by Crippen LogP contribution is 2.13. The van der Waals surface area contributed by atoms with E-state index in [9.17, 15) is 4.79 Å². The van der Waals surface area contributed by atoms with Crippen LogP contribution in [-0.4, -0.2) is 23.9 Å². The van der Waals surface area contributed by atoms with Crippen LogP contribution in [0.5, 0.6) is 5.75 Å². The van der Waals surface area contributed by atoms with E-state index in [1.807, 2.05) is 31.2 Å². The van der Waals surface area contributed by atoms with E-state index in [0.717, 1.165) is 17.0 Å². The van der Waals surface area contributed by atoms with Gasteiger partial charge in [0.15, 0.2) is 0 Å². The van der Waals surface area contributed by atoms with Gasteiger partial charge in [-0.25, -0.2) is 4.79 Å². The van der Waals surface area contributed by atoms with Crippen molar-refractivity contribution in [3.63, 3.8) is 0 Å². The van der Waals surface area contributed by atoms with Crippen LogP contribution in [0.2, 0.25) is 0 Å². The molecule has 108 valence electrons. The first-order chi connectivity index (χ1) is 10.1. The molecule has 0 heterocycles. The van der Waals surface area contributed by atoms with Gasteiger partial charge in [-0.3, -0.25) is 5.43 Å². The Morgan fingerprint density at radius 3 is 2.48 bits per heavy atom. The predicted octanol–water partition coefficient (Wildman–Crippen LogP) is 3.23. The molecule has 0 saturated heterocycles. The molecule has 0 amide bonds. The molecule has 2 aromatic carbocycles. The molecule has 5 nitrogen and oxygen atoms in total. The number of hydrogen-bond donors (Lipinski definition) is 2. The molecule has 0 spiro atoms. The van der Waals surface area contributed by atoms with Crippen molar-refractivity contribution in [1.82, 2.24) is 0 Å². The van der Waals surface area contributed by atoms with Crippen LogP contribution in [0.15, 0.2) is 53.6 Å². The molecule has 0 radical (unpaired) electrons. The summed E-state index contributed by atoms with van der Waals surface area (Å²) in [5.41, 5.74) is 5.45. The molecule has 2 N–H and O–H groups in total. The summed E-state index contributed by atoms with van der Waals surface area (Å²) < 4.78 is 5.10. The van der Waals surface area contributed by atoms with Crippen LogP contribution in [-0.2, 0) is 0 Å². The zero-order valence-electron chi connectivity index (χ0n) is 11.8. The SMILES string of the molecule is COc1ccc(/C(C)=N/Nc2cccc(C(=O)O)c2)cc1. The van der Waals surface area contributed by atoms with Crippen molar-refractivity contribution in [3.05, 3.63) is 59.7 Å². The van der Waals surface area contributed by atoms with Crippen LogP contribution in [0.1, 0.15) is 22.8 Å². The summed E-state index contributed by atoms with van der Waals surface area (Å²) in [7, 11) is 1.62. The average Bonchev–Trinajstić information content (AvgIpc) is 2.53. The molecule has 0 aliphatic rings. The lowest BCUT2D eigenvalue weighted by Gasteiger charge is -2.05. The van der Waals surface area contributed by atoms with Crippen LogP contribution in [0.4, 0.5) is 5.69 Å². The molecule has 0 fully saturated rings. The summed E-state index contributed by atoms with van der Waals surface area (Å²) in [6, 6.07) is 14.0. The second-order valence-corrected chi connectivity index (χ2v) is 4.42. The third-order valence-corrected chi connectivity index (χ3v) is 2.97. The van der Waals surface area contributed by atoms with E-state index >= 15 is 0 Å². The number of methoxy groups -OCH3 is 1. The van der Waals surface area contributed by atoms with Crippen LogP contribution in [0.3, 0.4) is 0 Å². The van der Waals surface area contributed by atoms with Gasteiger partial charge in [0.05, 0.1) is 24.1 Å². The number of rotatable bonds is 5. The third-order valence-electron chi connectivity index (χ3n) is 2.97. The lowest BCUT2D eigenvalue weighted by molar-refractivity contribution is 0.0697. The molecule has 0 aliphatic heterocycles. The Kier molecular flexibility index (Phi) is 4.56. The number of benzene rings is 2. The lowest BCUT2D eigenvalue weighted by atomic mass is 10.1. The van der Waals surface area contributed by atoms with E-state index in [1.165, 1.54) is 12.1 Å². The minimum absolute atomic E-state index is 0.220. The van der Waals surface area contributed by atoms with Crippen LogP contribution in [0.25, 0.3) is 0 Å². The minimum Gasteiger partial charge on any atom is -0.497 e. The number of aromatic carboxylic acids is 1. The number of carboxylic acids is 1. The number of nitrogens with one attached hydrogen (secondary N) is 1. The largest absolute Gasteiger partial charge is 0.497 e. The Hall–Kier alpha value is -2.82. The zero-order valence-corrected chi connectivity index (χ0v) is 11.8. The Morgan fingerprint density at radius 2 is 1.86 bits per heavy atom. The molecular formula is C16H16N2O3. The summed E-state index contributed by atoms with van der Waals surface area (Å²) in [6.45, 7) is 1.87. The van der Waals surface area contributed by atoms with Gasteiger partial charge >= 0.3 is 5.97 Å². The van der Waals surface area contributed by atoms with Gasteiger partial charge in [-0.05, 0) is 55.0 Å². The van der Waals surface area contributed by atoms with Crippen molar-refractivity contribution >= 4 is 17.4 Å². The van der Waals surface area contributed by atoms with Gasteiger partial charge in [0.2, 0.25) is 0 Å². The maximum atomic E-state index is 10.9. The second kappa shape index (κ2) is 6.56. The first-order valence-electron chi connectivity index (χ1n) is 6.38. The normalized spacial score (nSPS) is 11.0. The molecule has 2 rings (SSSR count). The molecule has 21 heavy (non-hydrogen) atoms. The van der Waals surface area contributed by atoms with Gasteiger partial charge in [-0.15, -0.1) is 0 Å². The highest BCUT2D eigenvalue weighted by Gasteiger charge is 2.03. The van der Waals surface area contributed by atoms with Gasteiger partial charge in [0.25, 0.3) is 0 Å². The highest BCUT2D eigenvalue weighted by molar-refractivity contribution is 5.99. The molecule has 0 bridgehead atoms. The molecule has 0 saturated carbocycles. The van der Waals surface area contributed by atoms with Gasteiger partial charge in [-0.2, -0.15) is 5.10 Å². The van der Waals surface area contributed by atoms with Crippen LogP contribution in [0, 0.1) is 0 Å². The second-order valence-electron chi connectivity index (χ2n) is 4.42. The number of carboxylic acid groups (broad SMARTS) is 1. The predicted molar refractivity (Wildman–Crippen MR) is 82.2 cm³/mol. The van der Waals surface area contributed by atoms with E-state index < -0.39 is 5.97 Å². The van der Waals surface area contributed by atoms with Crippen molar-refractivity contribution in [1.29, 1.82) is 0 Å². The van der Waals surface area contributed by atoms with E-state index in [2.05, 4.69) is 10.5 Å². The van der Waals surface area contributed by atoms with Gasteiger partial charge in [-0.1, -0.05) is 6.07 Å². The Morgan fingerprint density at radius 1 is 1.14 bits per heavy atom. The quantitative estimate of drug-likeness (QED) is 0.653. The number of hydrogen-bond acceptors (Lipinski definition) is 4. The lowest BCUT2D eigenvalue weighted by Crippen LogP contribution is -2.01. The van der Waals surface area contributed by atoms with E-state index in [4.69, 9.17) is 9.84 Å². The first kappa shape index (κ1) is 14.6. The fourth-order valence-electron chi connectivity index (χ4n) is 1.77. The van der Waals surface area contributed by atoms with Crippen molar-refractivity contribution in [2.75, 3.05) is 12.5 Å². The molecule has 2 aromatic rings. The zero-order chi connectivity index (χ0) is 15.2. The Labute approximate surface area is 122 Å². The van der Waals surface area contributed by atoms with Crippen molar-refractivity contribution in [2.24, 2.45) is 5.10 Å². The first-order valence-corrected chi connectivity index (χ1v) is 6.38. The highest BCUT2D eigenvalue weighted by atomic mass is 16.5. The number of carbonyl (C=O) groups is 1. The van der Waals surface area contributed by atoms with Crippen molar-refractivity contribution in [2.45, 2.75) is 6.92 Å². The smallest absolute Gasteiger partial charge is 0.335 e. The van der Waals surface area contributed by atoms with Crippen LogP contribution >= 0.6 is 0 Å². The van der Waals surface area contributed by atoms with E-state index in [0.29, 0.717) is 5.69 Å². The summed E-state index contributed by atoms with van der Waals surface area (Å²) in [6.07, 6.45) is 0. The summed E-state index contributed by atoms with van der Waals surface area (Å²) in [5.74, 6) is -0.178. The Balaban J connectivity index is 2.12. The Bertz CT molecular complexity index is 663. The van der Waals surface area contributed by atoms with Crippen molar-refractivity contribution in [3.8, 4) is 5.75 Å². The number of nitrogens with zero attached hydrogens (tertiary/aromatic N) is 1. The summed E-state index contributed by atoms with van der Waals surface area (Å²) in [5, 5.41) is 13.2. The molecule has 0 unspecified atom stereocenters. The molecule has 0 aliphatic carbocycles. The summed E-state index contributed by atoms with van der Waals surface area (Å²) in [4.78, 5) is 10.9. The van der Waals surface area contributed by atoms with Gasteiger partial charge in [0, 0.05) is 0 Å². The number of anilines is 1. The minimum atomic E-state index is -0.963. The van der Waals surface area contributed by atoms with Crippen LogP contribution < -0.4 is 10.2 Å². The molecule has 5 heteroatoms. The average molecular weight is 284 g/mol. The standard InChI is InChI=1S/C16H16N2O3/c1-11(12-6-8-15(21-2)9-7-12)17-18-14-5-3-4-13(10-14)16(19)20/h3-10,18H,1-2H3,(H,19,20)/b17-11+. The van der Waals surface area contributed by atoms with E-state index in [-0.39, 0.29) is 5.56 Å². The number of ether oxygens (including phenoxy) is 1. The molecule has 0 aromatic heterocycles. The topological polar surface area (TPSA) is 70.9 Å². The molecular weight excluding hydrogens is 268 g/mol. The monoisotopic (exact) mass is 284 g/mol. The third kappa shape index (κ3) is 3.82. The van der Waals surface area contributed by atoms with Crippen molar-refractivity contribution < 1.29 is 14.6 Å². The van der Waals surface area contributed by atoms with E-state index in [1.54, 1.807) is 19.2 Å². The van der Waals surface area contributed by atoms with Gasteiger partial charge < -0.3 is 9.84 Å². The maximum Gasteiger partial charge on any atom is 0.335 e. The fourth-order valence-corrected chi connectivity index (χ4v) is 1.77.